The van der Waals surface area contributed by atoms with Crippen LogP contribution in [-0.4, -0.2) is 12.6 Å². The van der Waals surface area contributed by atoms with Gasteiger partial charge in [-0.25, -0.2) is 0 Å². The van der Waals surface area contributed by atoms with Gasteiger partial charge in [0, 0.05) is 11.1 Å². The zero-order valence-corrected chi connectivity index (χ0v) is 11.5. The first kappa shape index (κ1) is 13.9. The third-order valence-corrected chi connectivity index (χ3v) is 3.12. The predicted octanol–water partition coefficient (Wildman–Crippen LogP) is 3.68. The van der Waals surface area contributed by atoms with Gasteiger partial charge in [0.15, 0.2) is 0 Å². The van der Waals surface area contributed by atoms with Crippen LogP contribution in [0, 0.1) is 0 Å². The minimum absolute atomic E-state index is 0.0854. The Morgan fingerprint density at radius 1 is 1.05 bits per heavy atom. The summed E-state index contributed by atoms with van der Waals surface area (Å²) in [5.74, 6) is 0.887. The molecule has 19 heavy (non-hydrogen) atoms. The summed E-state index contributed by atoms with van der Waals surface area (Å²) in [6.07, 6.45) is 1.64. The molecule has 0 fully saturated rings. The Kier molecular flexibility index (Phi) is 5.25. The molecule has 1 unspecified atom stereocenters. The highest BCUT2D eigenvalue weighted by Crippen LogP contribution is 2.13. The number of nitrogens with two attached hydrogens (primary N) is 1. The summed E-state index contributed by atoms with van der Waals surface area (Å²) in [4.78, 5) is 0. The van der Waals surface area contributed by atoms with E-state index in [0.29, 0.717) is 6.61 Å². The topological polar surface area (TPSA) is 35.2 Å². The molecule has 0 amide bonds. The Morgan fingerprint density at radius 2 is 1.84 bits per heavy atom. The second kappa shape index (κ2) is 7.17. The Bertz CT molecular complexity index is 501. The van der Waals surface area contributed by atoms with E-state index in [9.17, 15) is 0 Å². The predicted molar refractivity (Wildman–Crippen MR) is 79.7 cm³/mol. The fourth-order valence-electron chi connectivity index (χ4n) is 1.91. The second-order valence-corrected chi connectivity index (χ2v) is 4.98. The molecule has 0 aromatic heterocycles. The first-order chi connectivity index (χ1) is 9.24. The maximum atomic E-state index is 6.10. The van der Waals surface area contributed by atoms with Crippen molar-refractivity contribution < 1.29 is 4.74 Å². The van der Waals surface area contributed by atoms with Crippen LogP contribution in [0.4, 0.5) is 0 Å². The summed E-state index contributed by atoms with van der Waals surface area (Å²) in [5, 5.41) is 0.755. The normalized spacial score (nSPS) is 12.1. The molecule has 0 aliphatic rings. The summed E-state index contributed by atoms with van der Waals surface area (Å²) < 4.78 is 5.63. The van der Waals surface area contributed by atoms with Crippen molar-refractivity contribution in [2.24, 2.45) is 5.73 Å². The van der Waals surface area contributed by atoms with E-state index in [1.165, 1.54) is 5.56 Å². The lowest BCUT2D eigenvalue weighted by molar-refractivity contribution is 0.297. The van der Waals surface area contributed by atoms with E-state index in [4.69, 9.17) is 22.1 Å². The Labute approximate surface area is 119 Å². The van der Waals surface area contributed by atoms with Gasteiger partial charge in [0.05, 0.1) is 6.61 Å². The first-order valence-corrected chi connectivity index (χ1v) is 6.80. The van der Waals surface area contributed by atoms with E-state index < -0.39 is 0 Å². The molecule has 2 rings (SSSR count). The van der Waals surface area contributed by atoms with Crippen molar-refractivity contribution in [2.45, 2.75) is 18.9 Å². The molecule has 0 spiro atoms. The van der Waals surface area contributed by atoms with Gasteiger partial charge in [0.25, 0.3) is 0 Å². The molecule has 2 aromatic carbocycles. The smallest absolute Gasteiger partial charge is 0.119 e. The number of ether oxygens (including phenoxy) is 1. The summed E-state index contributed by atoms with van der Waals surface area (Å²) in [6, 6.07) is 17.7. The fourth-order valence-corrected chi connectivity index (χ4v) is 2.13. The molecule has 0 aliphatic carbocycles. The molecule has 0 saturated heterocycles. The fraction of sp³-hybridized carbons (Fsp3) is 0.250. The highest BCUT2D eigenvalue weighted by molar-refractivity contribution is 6.30. The number of halogens is 1. The van der Waals surface area contributed by atoms with Gasteiger partial charge in [0.1, 0.15) is 5.75 Å². The van der Waals surface area contributed by atoms with E-state index >= 15 is 0 Å². The van der Waals surface area contributed by atoms with Gasteiger partial charge in [-0.3, -0.25) is 0 Å². The third-order valence-electron chi connectivity index (χ3n) is 2.89. The monoisotopic (exact) mass is 275 g/mol. The van der Waals surface area contributed by atoms with Gasteiger partial charge in [-0.2, -0.15) is 0 Å². The quantitative estimate of drug-likeness (QED) is 0.873. The van der Waals surface area contributed by atoms with E-state index in [-0.39, 0.29) is 6.04 Å². The Balaban J connectivity index is 1.74. The number of benzene rings is 2. The minimum atomic E-state index is 0.0854. The first-order valence-electron chi connectivity index (χ1n) is 6.42. The molecule has 0 heterocycles. The van der Waals surface area contributed by atoms with Gasteiger partial charge >= 0.3 is 0 Å². The minimum Gasteiger partial charge on any atom is -0.494 e. The van der Waals surface area contributed by atoms with Gasteiger partial charge in [-0.1, -0.05) is 41.9 Å². The zero-order chi connectivity index (χ0) is 13.5. The van der Waals surface area contributed by atoms with Crippen molar-refractivity contribution >= 4 is 11.6 Å². The van der Waals surface area contributed by atoms with Crippen molar-refractivity contribution in [1.82, 2.24) is 0 Å². The maximum Gasteiger partial charge on any atom is 0.119 e. The Hall–Kier alpha value is -1.51. The Morgan fingerprint density at radius 3 is 2.58 bits per heavy atom. The van der Waals surface area contributed by atoms with Gasteiger partial charge < -0.3 is 10.5 Å². The molecule has 2 nitrogen and oxygen atoms in total. The van der Waals surface area contributed by atoms with Crippen LogP contribution in [0.15, 0.2) is 54.6 Å². The summed E-state index contributed by atoms with van der Waals surface area (Å²) in [5.41, 5.74) is 7.26. The molecular formula is C16H18ClNO. The lowest BCUT2D eigenvalue weighted by Gasteiger charge is -2.12. The highest BCUT2D eigenvalue weighted by atomic mass is 35.5. The zero-order valence-electron chi connectivity index (χ0n) is 10.8. The number of hydrogen-bond donors (Lipinski definition) is 1. The third kappa shape index (κ3) is 4.93. The molecule has 2 aromatic rings. The number of hydrogen-bond acceptors (Lipinski definition) is 2. The molecular weight excluding hydrogens is 258 g/mol. The van der Waals surface area contributed by atoms with Crippen LogP contribution in [0.3, 0.4) is 0 Å². The van der Waals surface area contributed by atoms with Gasteiger partial charge in [-0.15, -0.1) is 0 Å². The summed E-state index contributed by atoms with van der Waals surface area (Å²) in [7, 11) is 0. The molecule has 0 aliphatic heterocycles. The van der Waals surface area contributed by atoms with Gasteiger partial charge in [0.2, 0.25) is 0 Å². The van der Waals surface area contributed by atoms with E-state index in [1.807, 2.05) is 54.6 Å². The van der Waals surface area contributed by atoms with Crippen LogP contribution in [0.2, 0.25) is 5.02 Å². The molecule has 100 valence electrons. The van der Waals surface area contributed by atoms with E-state index in [2.05, 4.69) is 0 Å². The highest BCUT2D eigenvalue weighted by Gasteiger charge is 2.05. The molecule has 1 atom stereocenters. The number of rotatable bonds is 6. The largest absolute Gasteiger partial charge is 0.494 e. The summed E-state index contributed by atoms with van der Waals surface area (Å²) in [6.45, 7) is 0.631. The molecule has 3 heteroatoms. The maximum absolute atomic E-state index is 6.10. The van der Waals surface area contributed by atoms with Crippen LogP contribution in [0.1, 0.15) is 12.0 Å². The van der Waals surface area contributed by atoms with Crippen LogP contribution in [0.5, 0.6) is 5.75 Å². The van der Waals surface area contributed by atoms with Crippen LogP contribution in [0.25, 0.3) is 0 Å². The summed E-state index contributed by atoms with van der Waals surface area (Å²) >= 11 is 5.95. The van der Waals surface area contributed by atoms with Crippen molar-refractivity contribution in [3.8, 4) is 5.75 Å². The van der Waals surface area contributed by atoms with E-state index in [0.717, 1.165) is 23.6 Å². The molecule has 2 N–H and O–H groups in total. The van der Waals surface area contributed by atoms with Crippen LogP contribution in [-0.2, 0) is 6.42 Å². The van der Waals surface area contributed by atoms with E-state index in [1.54, 1.807) is 0 Å². The lowest BCUT2D eigenvalue weighted by atomic mass is 10.0. The van der Waals surface area contributed by atoms with Gasteiger partial charge in [-0.05, 0) is 42.7 Å². The lowest BCUT2D eigenvalue weighted by Crippen LogP contribution is -2.25. The molecule has 0 bridgehead atoms. The average molecular weight is 276 g/mol. The molecule has 0 saturated carbocycles. The number of para-hydroxylation sites is 1. The second-order valence-electron chi connectivity index (χ2n) is 4.54. The standard InChI is InChI=1S/C16H18ClNO/c17-14-6-4-5-13(11-14)12-15(18)9-10-19-16-7-2-1-3-8-16/h1-8,11,15H,9-10,12,18H2. The van der Waals surface area contributed by atoms with Crippen molar-refractivity contribution in [3.05, 3.63) is 65.2 Å². The van der Waals surface area contributed by atoms with Crippen molar-refractivity contribution in [1.29, 1.82) is 0 Å². The van der Waals surface area contributed by atoms with Crippen molar-refractivity contribution in [3.63, 3.8) is 0 Å². The van der Waals surface area contributed by atoms with Crippen LogP contribution >= 0.6 is 11.6 Å². The SMILES string of the molecule is NC(CCOc1ccccc1)Cc1cccc(Cl)c1. The molecule has 0 radical (unpaired) electrons. The van der Waals surface area contributed by atoms with Crippen molar-refractivity contribution in [2.75, 3.05) is 6.61 Å². The average Bonchev–Trinajstić information content (AvgIpc) is 2.40. The van der Waals surface area contributed by atoms with Crippen LogP contribution < -0.4 is 10.5 Å².